The first kappa shape index (κ1) is 18.6. The fraction of sp³-hybridized carbons (Fsp3) is 0.263. The van der Waals surface area contributed by atoms with Gasteiger partial charge >= 0.3 is 0 Å². The van der Waals surface area contributed by atoms with Crippen molar-refractivity contribution in [2.24, 2.45) is 0 Å². The van der Waals surface area contributed by atoms with Gasteiger partial charge in [0.1, 0.15) is 17.2 Å². The van der Waals surface area contributed by atoms with Crippen molar-refractivity contribution < 1.29 is 18.7 Å². The van der Waals surface area contributed by atoms with Crippen LogP contribution in [-0.4, -0.2) is 17.6 Å². The number of hydrogen-bond acceptors (Lipinski definition) is 3. The average molecular weight is 344 g/mol. The summed E-state index contributed by atoms with van der Waals surface area (Å²) < 4.78 is 26.8. The molecule has 2 N–H and O–H groups in total. The molecule has 25 heavy (non-hydrogen) atoms. The van der Waals surface area contributed by atoms with Crippen molar-refractivity contribution in [1.82, 2.24) is 5.32 Å². The highest BCUT2D eigenvalue weighted by Gasteiger charge is 2.27. The minimum Gasteiger partial charge on any atom is -0.383 e. The molecule has 0 aliphatic carbocycles. The second-order valence-corrected chi connectivity index (χ2v) is 5.96. The maximum atomic E-state index is 13.8. The lowest BCUT2D eigenvalue weighted by atomic mass is 9.95. The number of nitrogens with one attached hydrogen (secondary N) is 1. The maximum absolute atomic E-state index is 13.8. The molecule has 0 aromatic heterocycles. The molecule has 0 spiro atoms. The van der Waals surface area contributed by atoms with E-state index in [0.717, 1.165) is 17.7 Å². The molecule has 1 unspecified atom stereocenters. The van der Waals surface area contributed by atoms with Gasteiger partial charge in [-0.3, -0.25) is 4.79 Å². The van der Waals surface area contributed by atoms with E-state index in [1.165, 1.54) is 6.92 Å². The van der Waals surface area contributed by atoms with Gasteiger partial charge < -0.3 is 10.4 Å². The average Bonchev–Trinajstić information content (AvgIpc) is 2.55. The smallest absolute Gasteiger partial charge is 0.224 e. The minimum atomic E-state index is -1.68. The molecule has 0 saturated heterocycles. The molecule has 0 saturated carbocycles. The summed E-state index contributed by atoms with van der Waals surface area (Å²) in [5.74, 6) is -1.98. The Labute approximate surface area is 144 Å². The van der Waals surface area contributed by atoms with Crippen molar-refractivity contribution in [2.45, 2.75) is 25.4 Å². The third-order valence-corrected chi connectivity index (χ3v) is 3.88. The number of benzene rings is 2. The summed E-state index contributed by atoms with van der Waals surface area (Å²) in [5.41, 5.74) is -0.302. The summed E-state index contributed by atoms with van der Waals surface area (Å²) in [6, 6.07) is 12.0. The Hall–Kier alpha value is -2.78. The zero-order chi connectivity index (χ0) is 18.4. The van der Waals surface area contributed by atoms with Gasteiger partial charge in [0, 0.05) is 11.6 Å². The first-order chi connectivity index (χ1) is 11.8. The molecule has 6 heteroatoms. The largest absolute Gasteiger partial charge is 0.383 e. The number of halogens is 2. The Morgan fingerprint density at radius 3 is 2.56 bits per heavy atom. The quantitative estimate of drug-likeness (QED) is 0.846. The molecule has 0 bridgehead atoms. The highest BCUT2D eigenvalue weighted by Crippen LogP contribution is 2.23. The van der Waals surface area contributed by atoms with Crippen LogP contribution >= 0.6 is 0 Å². The third kappa shape index (κ3) is 4.85. The number of carbonyl (C=O) groups is 1. The van der Waals surface area contributed by atoms with Gasteiger partial charge in [0.25, 0.3) is 0 Å². The number of hydrogen-bond donors (Lipinski definition) is 2. The van der Waals surface area contributed by atoms with E-state index in [0.29, 0.717) is 11.6 Å². The van der Waals surface area contributed by atoms with Crippen molar-refractivity contribution in [3.05, 3.63) is 70.8 Å². The van der Waals surface area contributed by atoms with Crippen molar-refractivity contribution >= 4 is 5.91 Å². The van der Waals surface area contributed by atoms with Gasteiger partial charge in [0.2, 0.25) is 5.91 Å². The highest BCUT2D eigenvalue weighted by atomic mass is 19.1. The topological polar surface area (TPSA) is 73.1 Å². The Bertz CT molecular complexity index is 813. The fourth-order valence-corrected chi connectivity index (χ4v) is 2.52. The van der Waals surface area contributed by atoms with Crippen LogP contribution in [0.15, 0.2) is 42.5 Å². The first-order valence-electron chi connectivity index (χ1n) is 7.72. The normalized spacial score (nSPS) is 12.9. The SMILES string of the molecule is CC(O)(CNC(=O)Cc1ccccc1CC#N)c1ccc(F)cc1F. The van der Waals surface area contributed by atoms with Crippen molar-refractivity contribution in [3.8, 4) is 6.07 Å². The second kappa shape index (κ2) is 7.86. The molecule has 130 valence electrons. The molecule has 0 heterocycles. The van der Waals surface area contributed by atoms with Crippen LogP contribution in [0.4, 0.5) is 8.78 Å². The van der Waals surface area contributed by atoms with Crippen LogP contribution in [0.1, 0.15) is 23.6 Å². The van der Waals surface area contributed by atoms with Gasteiger partial charge in [0.15, 0.2) is 0 Å². The lowest BCUT2D eigenvalue weighted by Crippen LogP contribution is -2.39. The highest BCUT2D eigenvalue weighted by molar-refractivity contribution is 5.79. The molecule has 0 fully saturated rings. The van der Waals surface area contributed by atoms with E-state index in [-0.39, 0.29) is 30.9 Å². The van der Waals surface area contributed by atoms with Gasteiger partial charge in [0.05, 0.1) is 25.5 Å². The van der Waals surface area contributed by atoms with E-state index in [4.69, 9.17) is 5.26 Å². The molecule has 2 aromatic rings. The lowest BCUT2D eigenvalue weighted by Gasteiger charge is -2.25. The molecule has 0 aliphatic rings. The number of aliphatic hydroxyl groups is 1. The Balaban J connectivity index is 2.03. The summed E-state index contributed by atoms with van der Waals surface area (Å²) in [6.45, 7) is 1.11. The van der Waals surface area contributed by atoms with Crippen LogP contribution in [0.3, 0.4) is 0 Å². The Kier molecular flexibility index (Phi) is 5.84. The summed E-state index contributed by atoms with van der Waals surface area (Å²) in [7, 11) is 0. The third-order valence-electron chi connectivity index (χ3n) is 3.88. The minimum absolute atomic E-state index is 0.0415. The molecule has 1 atom stereocenters. The van der Waals surface area contributed by atoms with Crippen LogP contribution in [0.5, 0.6) is 0 Å². The van der Waals surface area contributed by atoms with Gasteiger partial charge in [-0.1, -0.05) is 30.3 Å². The zero-order valence-electron chi connectivity index (χ0n) is 13.7. The molecular formula is C19H18F2N2O2. The van der Waals surface area contributed by atoms with E-state index in [1.54, 1.807) is 24.3 Å². The van der Waals surface area contributed by atoms with E-state index in [2.05, 4.69) is 5.32 Å². The molecule has 2 rings (SSSR count). The molecule has 1 amide bonds. The van der Waals surface area contributed by atoms with Crippen LogP contribution < -0.4 is 5.32 Å². The zero-order valence-corrected chi connectivity index (χ0v) is 13.7. The number of amides is 1. The van der Waals surface area contributed by atoms with Crippen molar-refractivity contribution in [3.63, 3.8) is 0 Å². The van der Waals surface area contributed by atoms with Crippen molar-refractivity contribution in [1.29, 1.82) is 5.26 Å². The van der Waals surface area contributed by atoms with E-state index in [9.17, 15) is 18.7 Å². The van der Waals surface area contributed by atoms with E-state index < -0.39 is 17.2 Å². The number of rotatable bonds is 6. The predicted molar refractivity (Wildman–Crippen MR) is 88.4 cm³/mol. The first-order valence-corrected chi connectivity index (χ1v) is 7.72. The summed E-state index contributed by atoms with van der Waals surface area (Å²) in [6.07, 6.45) is 0.238. The van der Waals surface area contributed by atoms with Gasteiger partial charge in [-0.05, 0) is 24.1 Å². The van der Waals surface area contributed by atoms with E-state index in [1.807, 2.05) is 6.07 Å². The van der Waals surface area contributed by atoms with Gasteiger partial charge in [-0.2, -0.15) is 5.26 Å². The lowest BCUT2D eigenvalue weighted by molar-refractivity contribution is -0.121. The number of carbonyl (C=O) groups excluding carboxylic acids is 1. The summed E-state index contributed by atoms with van der Waals surface area (Å²) >= 11 is 0. The predicted octanol–water partition coefficient (Wildman–Crippen LogP) is 2.60. The van der Waals surface area contributed by atoms with Crippen LogP contribution in [0, 0.1) is 23.0 Å². The summed E-state index contributed by atoms with van der Waals surface area (Å²) in [5, 5.41) is 21.8. The fourth-order valence-electron chi connectivity index (χ4n) is 2.52. The molecule has 2 aromatic carbocycles. The standard InChI is InChI=1S/C19H18F2N2O2/c1-19(25,16-7-6-15(20)11-17(16)21)12-23-18(24)10-14-5-3-2-4-13(14)8-9-22/h2-7,11,25H,8,10,12H2,1H3,(H,23,24). The number of nitriles is 1. The second-order valence-electron chi connectivity index (χ2n) is 5.96. The molecule has 0 aliphatic heterocycles. The van der Waals surface area contributed by atoms with Crippen LogP contribution in [0.25, 0.3) is 0 Å². The molecular weight excluding hydrogens is 326 g/mol. The Morgan fingerprint density at radius 2 is 1.92 bits per heavy atom. The van der Waals surface area contributed by atoms with Crippen molar-refractivity contribution in [2.75, 3.05) is 6.54 Å². The van der Waals surface area contributed by atoms with E-state index >= 15 is 0 Å². The maximum Gasteiger partial charge on any atom is 0.224 e. The monoisotopic (exact) mass is 344 g/mol. The molecule has 4 nitrogen and oxygen atoms in total. The molecule has 0 radical (unpaired) electrons. The van der Waals surface area contributed by atoms with Gasteiger partial charge in [-0.25, -0.2) is 8.78 Å². The van der Waals surface area contributed by atoms with Crippen LogP contribution in [-0.2, 0) is 23.2 Å². The number of nitrogens with zero attached hydrogens (tertiary/aromatic N) is 1. The van der Waals surface area contributed by atoms with Crippen LogP contribution in [0.2, 0.25) is 0 Å². The summed E-state index contributed by atoms with van der Waals surface area (Å²) in [4.78, 5) is 12.1. The van der Waals surface area contributed by atoms with Gasteiger partial charge in [-0.15, -0.1) is 0 Å². The Morgan fingerprint density at radius 1 is 1.24 bits per heavy atom.